The van der Waals surface area contributed by atoms with Gasteiger partial charge in [0.15, 0.2) is 0 Å². The molecule has 0 saturated carbocycles. The van der Waals surface area contributed by atoms with Crippen molar-refractivity contribution in [2.75, 3.05) is 9.80 Å². The van der Waals surface area contributed by atoms with Gasteiger partial charge in [-0.15, -0.1) is 0 Å². The highest BCUT2D eigenvalue weighted by Crippen LogP contribution is 2.43. The van der Waals surface area contributed by atoms with E-state index in [0.717, 1.165) is 23.4 Å². The second kappa shape index (κ2) is 9.80. The van der Waals surface area contributed by atoms with Crippen LogP contribution in [0.1, 0.15) is 55.6 Å². The van der Waals surface area contributed by atoms with Crippen molar-refractivity contribution in [1.29, 1.82) is 0 Å². The molecule has 2 amide bonds. The van der Waals surface area contributed by atoms with Gasteiger partial charge in [-0.25, -0.2) is 0 Å². The maximum absolute atomic E-state index is 13.9. The number of hydrogen-bond acceptors (Lipinski definition) is 2. The van der Waals surface area contributed by atoms with E-state index in [4.69, 9.17) is 11.6 Å². The summed E-state index contributed by atoms with van der Waals surface area (Å²) < 4.78 is 0. The Hall–Kier alpha value is -3.11. The quantitative estimate of drug-likeness (QED) is 0.415. The van der Waals surface area contributed by atoms with Crippen molar-refractivity contribution >= 4 is 34.8 Å². The number of carbonyl (C=O) groups excluding carboxylic acids is 2. The van der Waals surface area contributed by atoms with Crippen molar-refractivity contribution in [3.05, 3.63) is 95.0 Å². The molecule has 0 bridgehead atoms. The van der Waals surface area contributed by atoms with Gasteiger partial charge >= 0.3 is 0 Å². The summed E-state index contributed by atoms with van der Waals surface area (Å²) in [5, 5.41) is 0.525. The van der Waals surface area contributed by atoms with Crippen LogP contribution in [0.3, 0.4) is 0 Å². The van der Waals surface area contributed by atoms with Crippen LogP contribution in [0.4, 0.5) is 11.4 Å². The fraction of sp³-hybridized carbons (Fsp3) is 0.286. The Morgan fingerprint density at radius 3 is 2.42 bits per heavy atom. The lowest BCUT2D eigenvalue weighted by Crippen LogP contribution is -2.49. The Bertz CT molecular complexity index is 1150. The first-order valence-electron chi connectivity index (χ1n) is 11.5. The zero-order valence-electron chi connectivity index (χ0n) is 19.2. The molecule has 0 radical (unpaired) electrons. The lowest BCUT2D eigenvalue weighted by Gasteiger charge is -2.44. The van der Waals surface area contributed by atoms with Crippen LogP contribution >= 0.6 is 11.6 Å². The van der Waals surface area contributed by atoms with Crippen molar-refractivity contribution < 1.29 is 9.59 Å². The number of anilines is 2. The van der Waals surface area contributed by atoms with E-state index in [2.05, 4.69) is 6.92 Å². The fourth-order valence-electron chi connectivity index (χ4n) is 4.56. The molecule has 4 nitrogen and oxygen atoms in total. The highest BCUT2D eigenvalue weighted by Gasteiger charge is 2.39. The van der Waals surface area contributed by atoms with Gasteiger partial charge in [-0.2, -0.15) is 0 Å². The van der Waals surface area contributed by atoms with Crippen LogP contribution < -0.4 is 9.80 Å². The average Bonchev–Trinajstić information content (AvgIpc) is 2.84. The van der Waals surface area contributed by atoms with Crippen molar-refractivity contribution in [2.45, 2.75) is 45.7 Å². The summed E-state index contributed by atoms with van der Waals surface area (Å²) >= 11 is 6.21. The van der Waals surface area contributed by atoms with Gasteiger partial charge < -0.3 is 9.80 Å². The molecule has 3 aromatic carbocycles. The van der Waals surface area contributed by atoms with Crippen molar-refractivity contribution in [1.82, 2.24) is 0 Å². The molecule has 0 spiro atoms. The first kappa shape index (κ1) is 23.1. The molecule has 3 aromatic rings. The van der Waals surface area contributed by atoms with Crippen LogP contribution in [0.25, 0.3) is 0 Å². The third-order valence-electron chi connectivity index (χ3n) is 6.47. The molecule has 0 aliphatic carbocycles. The fourth-order valence-corrected chi connectivity index (χ4v) is 4.75. The first-order chi connectivity index (χ1) is 15.9. The number of amides is 2. The Kier molecular flexibility index (Phi) is 6.85. The van der Waals surface area contributed by atoms with E-state index >= 15 is 0 Å². The van der Waals surface area contributed by atoms with Gasteiger partial charge in [0.2, 0.25) is 5.91 Å². The van der Waals surface area contributed by atoms with Gasteiger partial charge in [0.05, 0.1) is 6.04 Å². The van der Waals surface area contributed by atoms with E-state index in [1.54, 1.807) is 24.3 Å². The maximum Gasteiger partial charge on any atom is 0.258 e. The minimum atomic E-state index is -0.217. The molecular formula is C28H29ClN2O2. The molecule has 170 valence electrons. The monoisotopic (exact) mass is 460 g/mol. The number of fused-ring (bicyclic) bond motifs is 1. The zero-order chi connectivity index (χ0) is 23.5. The Morgan fingerprint density at radius 1 is 1.03 bits per heavy atom. The summed E-state index contributed by atoms with van der Waals surface area (Å²) in [5.74, 6) is -0.0453. The molecule has 3 atom stereocenters. The number of rotatable bonds is 5. The van der Waals surface area contributed by atoms with E-state index in [1.807, 2.05) is 78.2 Å². The third-order valence-corrected chi connectivity index (χ3v) is 6.70. The topological polar surface area (TPSA) is 40.6 Å². The molecule has 0 unspecified atom stereocenters. The molecule has 1 aliphatic rings. The molecule has 1 heterocycles. The highest BCUT2D eigenvalue weighted by atomic mass is 35.5. The van der Waals surface area contributed by atoms with Crippen LogP contribution in [0, 0.1) is 5.92 Å². The molecule has 1 aliphatic heterocycles. The number of benzene rings is 3. The van der Waals surface area contributed by atoms with Crippen LogP contribution in [0.15, 0.2) is 78.9 Å². The van der Waals surface area contributed by atoms with Crippen LogP contribution in [-0.4, -0.2) is 17.9 Å². The van der Waals surface area contributed by atoms with Gasteiger partial charge in [-0.05, 0) is 61.7 Å². The van der Waals surface area contributed by atoms with Gasteiger partial charge in [-0.3, -0.25) is 9.59 Å². The van der Waals surface area contributed by atoms with E-state index < -0.39 is 0 Å². The van der Waals surface area contributed by atoms with E-state index in [9.17, 15) is 9.59 Å². The zero-order valence-corrected chi connectivity index (χ0v) is 20.0. The molecule has 4 rings (SSSR count). The summed E-state index contributed by atoms with van der Waals surface area (Å²) in [6.45, 7) is 6.08. The SMILES string of the molecule is CC[C@@H](C)C(=O)N1c2ccccc2[C@H](N(C(=O)c2cccc(Cl)c2)c2ccccc2)C[C@@H]1C. The second-order valence-corrected chi connectivity index (χ2v) is 9.13. The number of hydrogen-bond donors (Lipinski definition) is 0. The summed E-state index contributed by atoms with van der Waals surface area (Å²) in [7, 11) is 0. The maximum atomic E-state index is 13.9. The van der Waals surface area contributed by atoms with Crippen LogP contribution in [0.5, 0.6) is 0 Å². The van der Waals surface area contributed by atoms with Crippen molar-refractivity contribution in [3.8, 4) is 0 Å². The molecular weight excluding hydrogens is 432 g/mol. The largest absolute Gasteiger partial charge is 0.309 e. The van der Waals surface area contributed by atoms with E-state index in [1.165, 1.54) is 0 Å². The molecule has 0 fully saturated rings. The lowest BCUT2D eigenvalue weighted by atomic mass is 9.88. The summed E-state index contributed by atoms with van der Waals surface area (Å²) in [6.07, 6.45) is 1.43. The molecule has 33 heavy (non-hydrogen) atoms. The van der Waals surface area contributed by atoms with Gasteiger partial charge in [0, 0.05) is 33.9 Å². The summed E-state index contributed by atoms with van der Waals surface area (Å²) in [4.78, 5) is 30.9. The lowest BCUT2D eigenvalue weighted by molar-refractivity contribution is -0.122. The average molecular weight is 461 g/mol. The predicted octanol–water partition coefficient (Wildman–Crippen LogP) is 6.90. The smallest absolute Gasteiger partial charge is 0.258 e. The summed E-state index contributed by atoms with van der Waals surface area (Å²) in [6, 6.07) is 24.5. The normalized spacial score (nSPS) is 18.4. The highest BCUT2D eigenvalue weighted by molar-refractivity contribution is 6.31. The Balaban J connectivity index is 1.83. The predicted molar refractivity (Wildman–Crippen MR) is 135 cm³/mol. The molecule has 0 saturated heterocycles. The van der Waals surface area contributed by atoms with Crippen molar-refractivity contribution in [2.24, 2.45) is 5.92 Å². The first-order valence-corrected chi connectivity index (χ1v) is 11.9. The Labute approximate surface area is 200 Å². The Morgan fingerprint density at radius 2 is 1.73 bits per heavy atom. The molecule has 5 heteroatoms. The van der Waals surface area contributed by atoms with Gasteiger partial charge in [0.1, 0.15) is 0 Å². The number of carbonyl (C=O) groups is 2. The van der Waals surface area contributed by atoms with Gasteiger partial charge in [-0.1, -0.05) is 67.9 Å². The number of nitrogens with zero attached hydrogens (tertiary/aromatic N) is 2. The minimum Gasteiger partial charge on any atom is -0.309 e. The third kappa shape index (κ3) is 4.53. The number of para-hydroxylation sites is 2. The molecule has 0 aromatic heterocycles. The van der Waals surface area contributed by atoms with Crippen LogP contribution in [0.2, 0.25) is 5.02 Å². The number of halogens is 1. The van der Waals surface area contributed by atoms with Crippen LogP contribution in [-0.2, 0) is 4.79 Å². The van der Waals surface area contributed by atoms with E-state index in [-0.39, 0.29) is 29.8 Å². The minimum absolute atomic E-state index is 0.0511. The van der Waals surface area contributed by atoms with Crippen molar-refractivity contribution in [3.63, 3.8) is 0 Å². The van der Waals surface area contributed by atoms with E-state index in [0.29, 0.717) is 17.0 Å². The molecule has 0 N–H and O–H groups in total. The standard InChI is InChI=1S/C28H29ClN2O2/c1-4-19(2)27(32)30-20(3)17-26(24-15-8-9-16-25(24)30)31(23-13-6-5-7-14-23)28(33)21-11-10-12-22(29)18-21/h5-16,18-20,26H,4,17H2,1-3H3/t19-,20+,26-/m1/s1. The second-order valence-electron chi connectivity index (χ2n) is 8.70. The van der Waals surface area contributed by atoms with Gasteiger partial charge in [0.25, 0.3) is 5.91 Å². The summed E-state index contributed by atoms with van der Waals surface area (Å²) in [5.41, 5.74) is 3.21.